The fourth-order valence-corrected chi connectivity index (χ4v) is 7.71. The van der Waals surface area contributed by atoms with Gasteiger partial charge in [0.1, 0.15) is 0 Å². The van der Waals surface area contributed by atoms with Crippen LogP contribution in [-0.4, -0.2) is 22.6 Å². The van der Waals surface area contributed by atoms with Crippen LogP contribution < -0.4 is 21.7 Å². The molecule has 232 valence electrons. The number of hydrogen-bond acceptors (Lipinski definition) is 7. The van der Waals surface area contributed by atoms with Crippen LogP contribution in [0.25, 0.3) is 0 Å². The predicted octanol–water partition coefficient (Wildman–Crippen LogP) is 4.61. The van der Waals surface area contributed by atoms with Crippen LogP contribution in [-0.2, 0) is 37.9 Å². The molecule has 0 aliphatic carbocycles. The third-order valence-corrected chi connectivity index (χ3v) is 11.4. The third kappa shape index (κ3) is 7.90. The van der Waals surface area contributed by atoms with Crippen LogP contribution in [0.1, 0.15) is 54.9 Å². The van der Waals surface area contributed by atoms with Gasteiger partial charge in [-0.15, -0.1) is 0 Å². The molecule has 0 heterocycles. The number of rotatable bonds is 12. The number of carbonyl (C=O) groups excluding carboxylic acids is 1. The lowest BCUT2D eigenvalue weighted by atomic mass is 9.77. The van der Waals surface area contributed by atoms with E-state index in [9.17, 15) is 21.6 Å². The number of halogens is 2. The Morgan fingerprint density at radius 2 is 0.795 bits per heavy atom. The molecule has 0 aliphatic rings. The zero-order valence-corrected chi connectivity index (χ0v) is 28.2. The van der Waals surface area contributed by atoms with Crippen molar-refractivity contribution < 1.29 is 21.6 Å². The number of nitrogens with two attached hydrogens (primary N) is 4. The highest BCUT2D eigenvalue weighted by atomic mass is 79.9. The van der Waals surface area contributed by atoms with E-state index in [1.165, 1.54) is 24.3 Å². The molecule has 0 amide bonds. The highest BCUT2D eigenvalue weighted by Gasteiger charge is 2.38. The number of primary sulfonamides is 2. The average molecular weight is 765 g/mol. The molecule has 0 spiro atoms. The summed E-state index contributed by atoms with van der Waals surface area (Å²) in [5.74, 6) is -1.64. The Balaban J connectivity index is 1.85. The highest BCUT2D eigenvalue weighted by molar-refractivity contribution is 9.09. The van der Waals surface area contributed by atoms with Gasteiger partial charge in [-0.3, -0.25) is 4.79 Å². The molecule has 0 bridgehead atoms. The van der Waals surface area contributed by atoms with Gasteiger partial charge in [0.25, 0.3) is 0 Å². The molecule has 0 fully saturated rings. The SMILES string of the molecule is NCc1ccc(C(C(=O)C(c2ccc(CN)cc2)C(Br)c2ccc(S(N)(=O)=O)cc2)C(Br)c2ccc(S(N)(=O)=O)cc2)cc1. The monoisotopic (exact) mass is 762 g/mol. The number of sulfonamides is 2. The number of carbonyl (C=O) groups is 1. The van der Waals surface area contributed by atoms with Crippen LogP contribution in [0.3, 0.4) is 0 Å². The van der Waals surface area contributed by atoms with Gasteiger partial charge in [-0.05, 0) is 57.6 Å². The molecule has 0 radical (unpaired) electrons. The summed E-state index contributed by atoms with van der Waals surface area (Å²) in [6.07, 6.45) is 0. The normalized spacial score (nSPS) is 14.9. The first kappa shape index (κ1) is 34.1. The molecule has 0 aromatic heterocycles. The van der Waals surface area contributed by atoms with Crippen LogP contribution in [0.15, 0.2) is 107 Å². The minimum atomic E-state index is -3.91. The first-order valence-electron chi connectivity index (χ1n) is 13.4. The fourth-order valence-electron chi connectivity index (χ4n) is 4.94. The van der Waals surface area contributed by atoms with E-state index in [2.05, 4.69) is 31.9 Å². The predicted molar refractivity (Wildman–Crippen MR) is 178 cm³/mol. The molecule has 44 heavy (non-hydrogen) atoms. The first-order chi connectivity index (χ1) is 20.7. The summed E-state index contributed by atoms with van der Waals surface area (Å²) in [4.78, 5) is 13.7. The van der Waals surface area contributed by atoms with Crippen LogP contribution in [0.4, 0.5) is 0 Å². The maximum atomic E-state index is 14.9. The zero-order chi connectivity index (χ0) is 32.2. The second kappa shape index (κ2) is 14.1. The molecule has 4 rings (SSSR count). The van der Waals surface area contributed by atoms with Gasteiger partial charge in [-0.25, -0.2) is 27.1 Å². The van der Waals surface area contributed by atoms with Gasteiger partial charge in [0.05, 0.1) is 31.3 Å². The number of Topliss-reactive ketones (excluding diaryl/α,β-unsaturated/α-hetero) is 1. The minimum Gasteiger partial charge on any atom is -0.326 e. The van der Waals surface area contributed by atoms with Gasteiger partial charge in [0, 0.05) is 13.1 Å². The number of ketones is 1. The lowest BCUT2D eigenvalue weighted by Crippen LogP contribution is -2.27. The molecule has 0 aliphatic heterocycles. The summed E-state index contributed by atoms with van der Waals surface area (Å²) in [6, 6.07) is 27.0. The van der Waals surface area contributed by atoms with Crippen LogP contribution in [0.2, 0.25) is 0 Å². The summed E-state index contributed by atoms with van der Waals surface area (Å²) in [5.41, 5.74) is 16.2. The lowest BCUT2D eigenvalue weighted by Gasteiger charge is -2.30. The summed E-state index contributed by atoms with van der Waals surface area (Å²) in [7, 11) is -7.81. The van der Waals surface area contributed by atoms with E-state index >= 15 is 0 Å². The van der Waals surface area contributed by atoms with Crippen molar-refractivity contribution in [3.63, 3.8) is 0 Å². The number of hydrogen-bond donors (Lipinski definition) is 4. The van der Waals surface area contributed by atoms with E-state index in [0.717, 1.165) is 22.3 Å². The molecule has 4 aromatic rings. The first-order valence-corrected chi connectivity index (χ1v) is 18.3. The van der Waals surface area contributed by atoms with E-state index in [1.54, 1.807) is 24.3 Å². The molecule has 13 heteroatoms. The largest absolute Gasteiger partial charge is 0.326 e. The summed E-state index contributed by atoms with van der Waals surface area (Å²) >= 11 is 7.52. The Bertz CT molecular complexity index is 1680. The summed E-state index contributed by atoms with van der Waals surface area (Å²) < 4.78 is 47.5. The number of alkyl halides is 2. The van der Waals surface area contributed by atoms with Gasteiger partial charge < -0.3 is 11.5 Å². The van der Waals surface area contributed by atoms with Gasteiger partial charge in [0.2, 0.25) is 20.0 Å². The molecule has 9 nitrogen and oxygen atoms in total. The van der Waals surface area contributed by atoms with Gasteiger partial charge in [-0.1, -0.05) is 105 Å². The van der Waals surface area contributed by atoms with Crippen molar-refractivity contribution in [2.24, 2.45) is 21.7 Å². The Morgan fingerprint density at radius 1 is 0.523 bits per heavy atom. The second-order valence-electron chi connectivity index (χ2n) is 10.3. The van der Waals surface area contributed by atoms with Gasteiger partial charge in [0.15, 0.2) is 5.78 Å². The molecular formula is C31H32Br2N4O5S2. The fraction of sp³-hybridized carbons (Fsp3) is 0.194. The van der Waals surface area contributed by atoms with E-state index in [-0.39, 0.29) is 15.6 Å². The van der Waals surface area contributed by atoms with Crippen LogP contribution in [0.5, 0.6) is 0 Å². The maximum absolute atomic E-state index is 14.9. The zero-order valence-electron chi connectivity index (χ0n) is 23.4. The van der Waals surface area contributed by atoms with Gasteiger partial charge >= 0.3 is 0 Å². The molecule has 0 saturated carbocycles. The van der Waals surface area contributed by atoms with Crippen molar-refractivity contribution in [2.45, 2.75) is 44.4 Å². The van der Waals surface area contributed by atoms with Crippen molar-refractivity contribution in [1.82, 2.24) is 0 Å². The Morgan fingerprint density at radius 3 is 1.05 bits per heavy atom. The van der Waals surface area contributed by atoms with E-state index in [1.807, 2.05) is 48.5 Å². The molecule has 8 N–H and O–H groups in total. The number of benzene rings is 4. The van der Waals surface area contributed by atoms with Crippen molar-refractivity contribution in [3.8, 4) is 0 Å². The van der Waals surface area contributed by atoms with Crippen LogP contribution in [0, 0.1) is 0 Å². The quantitative estimate of drug-likeness (QED) is 0.152. The topological polar surface area (TPSA) is 189 Å². The summed E-state index contributed by atoms with van der Waals surface area (Å²) in [5, 5.41) is 10.6. The molecular weight excluding hydrogens is 732 g/mol. The Labute approximate surface area is 274 Å². The maximum Gasteiger partial charge on any atom is 0.238 e. The molecule has 4 unspecified atom stereocenters. The second-order valence-corrected chi connectivity index (χ2v) is 15.4. The average Bonchev–Trinajstić information content (AvgIpc) is 3.01. The third-order valence-electron chi connectivity index (χ3n) is 7.40. The van der Waals surface area contributed by atoms with Crippen molar-refractivity contribution in [3.05, 3.63) is 130 Å². The van der Waals surface area contributed by atoms with Crippen molar-refractivity contribution in [2.75, 3.05) is 0 Å². The lowest BCUT2D eigenvalue weighted by molar-refractivity contribution is -0.122. The summed E-state index contributed by atoms with van der Waals surface area (Å²) in [6.45, 7) is 0.666. The van der Waals surface area contributed by atoms with E-state index in [0.29, 0.717) is 24.2 Å². The Kier molecular flexibility index (Phi) is 11.0. The smallest absolute Gasteiger partial charge is 0.238 e. The van der Waals surface area contributed by atoms with Crippen LogP contribution >= 0.6 is 31.9 Å². The van der Waals surface area contributed by atoms with Crippen molar-refractivity contribution in [1.29, 1.82) is 0 Å². The van der Waals surface area contributed by atoms with E-state index in [4.69, 9.17) is 21.7 Å². The van der Waals surface area contributed by atoms with E-state index < -0.39 is 41.5 Å². The minimum absolute atomic E-state index is 0.0440. The highest BCUT2D eigenvalue weighted by Crippen LogP contribution is 2.47. The van der Waals surface area contributed by atoms with Gasteiger partial charge in [-0.2, -0.15) is 0 Å². The Hall–Kier alpha value is -2.75. The molecule has 4 aromatic carbocycles. The molecule has 0 saturated heterocycles. The molecule has 4 atom stereocenters. The standard InChI is InChI=1S/C31H32Br2N4O5S2/c32-29(23-9-13-25(14-10-23)43(36,39)40)27(21-5-1-19(17-34)2-6-21)31(38)28(22-7-3-20(18-35)4-8-22)30(33)24-11-15-26(16-12-24)44(37,41)42/h1-16,27-30H,17-18,34-35H2,(H2,36,39,40)(H2,37,41,42). The van der Waals surface area contributed by atoms with Crippen molar-refractivity contribution >= 4 is 57.7 Å².